The third-order valence-electron chi connectivity index (χ3n) is 3.02. The summed E-state index contributed by atoms with van der Waals surface area (Å²) < 4.78 is 11.3. The molecule has 0 aromatic heterocycles. The maximum Gasteiger partial charge on any atom is 0.184 e. The highest BCUT2D eigenvalue weighted by molar-refractivity contribution is 5.80. The van der Waals surface area contributed by atoms with Crippen molar-refractivity contribution in [3.05, 3.63) is 53.6 Å². The molecule has 4 heteroatoms. The molecule has 21 heavy (non-hydrogen) atoms. The highest BCUT2D eigenvalue weighted by Gasteiger charge is 2.11. The standard InChI is InChI=1S/C17H19NO3/c1-2-20-16-11-14(12-19)10-15(18)17(16)21-9-8-13-6-4-3-5-7-13/h3-7,10-12H,2,8-9,18H2,1H3. The average Bonchev–Trinajstić information content (AvgIpc) is 2.51. The summed E-state index contributed by atoms with van der Waals surface area (Å²) >= 11 is 0. The van der Waals surface area contributed by atoms with Crippen molar-refractivity contribution >= 4 is 12.0 Å². The first-order chi connectivity index (χ1) is 10.2. The van der Waals surface area contributed by atoms with Crippen molar-refractivity contribution in [1.82, 2.24) is 0 Å². The van der Waals surface area contributed by atoms with Crippen molar-refractivity contribution in [2.45, 2.75) is 13.3 Å². The lowest BCUT2D eigenvalue weighted by molar-refractivity contribution is 0.112. The number of hydrogen-bond acceptors (Lipinski definition) is 4. The Hall–Kier alpha value is -2.49. The van der Waals surface area contributed by atoms with E-state index >= 15 is 0 Å². The second-order valence-corrected chi connectivity index (χ2v) is 4.57. The molecule has 0 radical (unpaired) electrons. The Kier molecular flexibility index (Phi) is 5.21. The molecule has 0 heterocycles. The highest BCUT2D eigenvalue weighted by atomic mass is 16.5. The minimum atomic E-state index is 0.413. The second kappa shape index (κ2) is 7.33. The van der Waals surface area contributed by atoms with Crippen LogP contribution in [0.5, 0.6) is 11.5 Å². The van der Waals surface area contributed by atoms with Crippen LogP contribution >= 0.6 is 0 Å². The number of nitrogen functional groups attached to an aromatic ring is 1. The number of anilines is 1. The molecule has 0 saturated heterocycles. The van der Waals surface area contributed by atoms with E-state index in [1.54, 1.807) is 12.1 Å². The minimum Gasteiger partial charge on any atom is -0.490 e. The lowest BCUT2D eigenvalue weighted by atomic mass is 10.1. The van der Waals surface area contributed by atoms with Gasteiger partial charge in [0, 0.05) is 12.0 Å². The molecule has 0 aliphatic heterocycles. The second-order valence-electron chi connectivity index (χ2n) is 4.57. The van der Waals surface area contributed by atoms with Gasteiger partial charge < -0.3 is 15.2 Å². The third-order valence-corrected chi connectivity index (χ3v) is 3.02. The SMILES string of the molecule is CCOc1cc(C=O)cc(N)c1OCCc1ccccc1. The maximum atomic E-state index is 10.9. The molecule has 0 aliphatic carbocycles. The van der Waals surface area contributed by atoms with Crippen LogP contribution < -0.4 is 15.2 Å². The van der Waals surface area contributed by atoms with Gasteiger partial charge in [-0.05, 0) is 24.6 Å². The van der Waals surface area contributed by atoms with Crippen LogP contribution in [-0.2, 0) is 6.42 Å². The van der Waals surface area contributed by atoms with Crippen LogP contribution in [0.1, 0.15) is 22.8 Å². The van der Waals surface area contributed by atoms with E-state index in [0.29, 0.717) is 36.0 Å². The molecule has 2 aromatic carbocycles. The number of rotatable bonds is 7. The Morgan fingerprint density at radius 2 is 1.90 bits per heavy atom. The maximum absolute atomic E-state index is 10.9. The van der Waals surface area contributed by atoms with E-state index in [2.05, 4.69) is 0 Å². The molecular weight excluding hydrogens is 266 g/mol. The molecule has 0 fully saturated rings. The Balaban J connectivity index is 2.09. The number of carbonyl (C=O) groups is 1. The van der Waals surface area contributed by atoms with Crippen LogP contribution in [-0.4, -0.2) is 19.5 Å². The number of aldehydes is 1. The monoisotopic (exact) mass is 285 g/mol. The predicted octanol–water partition coefficient (Wildman–Crippen LogP) is 3.10. The summed E-state index contributed by atoms with van der Waals surface area (Å²) in [6.07, 6.45) is 1.52. The van der Waals surface area contributed by atoms with Crippen molar-refractivity contribution in [3.8, 4) is 11.5 Å². The molecule has 4 nitrogen and oxygen atoms in total. The molecule has 0 spiro atoms. The minimum absolute atomic E-state index is 0.413. The van der Waals surface area contributed by atoms with Gasteiger partial charge in [0.15, 0.2) is 11.5 Å². The van der Waals surface area contributed by atoms with Gasteiger partial charge >= 0.3 is 0 Å². The zero-order valence-electron chi connectivity index (χ0n) is 12.0. The Morgan fingerprint density at radius 3 is 2.57 bits per heavy atom. The topological polar surface area (TPSA) is 61.5 Å². The molecule has 0 unspecified atom stereocenters. The predicted molar refractivity (Wildman–Crippen MR) is 83.1 cm³/mol. The van der Waals surface area contributed by atoms with E-state index in [-0.39, 0.29) is 0 Å². The molecular formula is C17H19NO3. The van der Waals surface area contributed by atoms with Crippen molar-refractivity contribution in [2.24, 2.45) is 0 Å². The first-order valence-electron chi connectivity index (χ1n) is 6.92. The van der Waals surface area contributed by atoms with Gasteiger partial charge in [-0.25, -0.2) is 0 Å². The van der Waals surface area contributed by atoms with Crippen LogP contribution in [0.3, 0.4) is 0 Å². The highest BCUT2D eigenvalue weighted by Crippen LogP contribution is 2.34. The summed E-state index contributed by atoms with van der Waals surface area (Å²) in [6.45, 7) is 2.85. The zero-order valence-corrected chi connectivity index (χ0v) is 12.0. The van der Waals surface area contributed by atoms with Gasteiger partial charge in [-0.3, -0.25) is 4.79 Å². The number of nitrogens with two attached hydrogens (primary N) is 1. The van der Waals surface area contributed by atoms with Crippen LogP contribution in [0.25, 0.3) is 0 Å². The van der Waals surface area contributed by atoms with Gasteiger partial charge in [-0.1, -0.05) is 30.3 Å². The average molecular weight is 285 g/mol. The van der Waals surface area contributed by atoms with Gasteiger partial charge in [0.05, 0.1) is 18.9 Å². The van der Waals surface area contributed by atoms with Crippen LogP contribution in [0, 0.1) is 0 Å². The van der Waals surface area contributed by atoms with Crippen LogP contribution in [0.4, 0.5) is 5.69 Å². The summed E-state index contributed by atoms with van der Waals surface area (Å²) in [5.74, 6) is 1.01. The fourth-order valence-electron chi connectivity index (χ4n) is 2.05. The summed E-state index contributed by atoms with van der Waals surface area (Å²) in [4.78, 5) is 10.9. The van der Waals surface area contributed by atoms with Crippen LogP contribution in [0.2, 0.25) is 0 Å². The smallest absolute Gasteiger partial charge is 0.184 e. The van der Waals surface area contributed by atoms with Gasteiger partial charge in [0.25, 0.3) is 0 Å². The Morgan fingerprint density at radius 1 is 1.14 bits per heavy atom. The largest absolute Gasteiger partial charge is 0.490 e. The van der Waals surface area contributed by atoms with E-state index in [9.17, 15) is 4.79 Å². The van der Waals surface area contributed by atoms with Crippen molar-refractivity contribution in [1.29, 1.82) is 0 Å². The summed E-state index contributed by atoms with van der Waals surface area (Å²) in [5, 5.41) is 0. The van der Waals surface area contributed by atoms with Gasteiger partial charge in [0.1, 0.15) is 6.29 Å². The van der Waals surface area contributed by atoms with Crippen molar-refractivity contribution in [2.75, 3.05) is 18.9 Å². The van der Waals surface area contributed by atoms with Gasteiger partial charge in [-0.15, -0.1) is 0 Å². The first-order valence-corrected chi connectivity index (χ1v) is 6.92. The number of carbonyl (C=O) groups excluding carboxylic acids is 1. The summed E-state index contributed by atoms with van der Waals surface area (Å²) in [6, 6.07) is 13.3. The van der Waals surface area contributed by atoms with Crippen molar-refractivity contribution < 1.29 is 14.3 Å². The number of ether oxygens (including phenoxy) is 2. The van der Waals surface area contributed by atoms with E-state index in [1.807, 2.05) is 37.3 Å². The van der Waals surface area contributed by atoms with E-state index in [1.165, 1.54) is 5.56 Å². The van der Waals surface area contributed by atoms with E-state index in [0.717, 1.165) is 12.7 Å². The van der Waals surface area contributed by atoms with Crippen molar-refractivity contribution in [3.63, 3.8) is 0 Å². The Labute approximate surface area is 124 Å². The fourth-order valence-corrected chi connectivity index (χ4v) is 2.05. The van der Waals surface area contributed by atoms with E-state index < -0.39 is 0 Å². The van der Waals surface area contributed by atoms with Gasteiger partial charge in [-0.2, -0.15) is 0 Å². The lowest BCUT2D eigenvalue weighted by Crippen LogP contribution is -2.06. The molecule has 2 N–H and O–H groups in total. The zero-order chi connectivity index (χ0) is 15.1. The molecule has 2 aromatic rings. The number of benzene rings is 2. The molecule has 0 aliphatic rings. The van der Waals surface area contributed by atoms with Crippen LogP contribution in [0.15, 0.2) is 42.5 Å². The molecule has 0 saturated carbocycles. The lowest BCUT2D eigenvalue weighted by Gasteiger charge is -2.14. The fraction of sp³-hybridized carbons (Fsp3) is 0.235. The molecule has 110 valence electrons. The molecule has 0 bridgehead atoms. The molecule has 2 rings (SSSR count). The van der Waals surface area contributed by atoms with E-state index in [4.69, 9.17) is 15.2 Å². The quantitative estimate of drug-likeness (QED) is 0.627. The van der Waals surface area contributed by atoms with Gasteiger partial charge in [0.2, 0.25) is 0 Å². The summed E-state index contributed by atoms with van der Waals surface area (Å²) in [7, 11) is 0. The normalized spacial score (nSPS) is 10.1. The Bertz CT molecular complexity index is 596. The molecule has 0 atom stereocenters. The molecule has 0 amide bonds. The third kappa shape index (κ3) is 3.99. The number of hydrogen-bond donors (Lipinski definition) is 1. The first kappa shape index (κ1) is 14.9. The summed E-state index contributed by atoms with van der Waals surface area (Å²) in [5.41, 5.74) is 8.03.